The van der Waals surface area contributed by atoms with Crippen LogP contribution < -0.4 is 15.5 Å². The van der Waals surface area contributed by atoms with Crippen molar-refractivity contribution in [3.63, 3.8) is 0 Å². The van der Waals surface area contributed by atoms with E-state index in [9.17, 15) is 19.2 Å². The second-order valence-corrected chi connectivity index (χ2v) is 8.39. The molecule has 2 N–H and O–H groups in total. The van der Waals surface area contributed by atoms with Crippen molar-refractivity contribution in [2.75, 3.05) is 17.2 Å². The van der Waals surface area contributed by atoms with Crippen LogP contribution in [0, 0.1) is 0 Å². The Morgan fingerprint density at radius 1 is 1.25 bits per heavy atom. The molecule has 1 aromatic rings. The number of carbonyl (C=O) groups excluding carboxylic acids is 4. The van der Waals surface area contributed by atoms with Gasteiger partial charge in [-0.1, -0.05) is 12.1 Å². The highest BCUT2D eigenvalue weighted by Gasteiger charge is 2.26. The highest BCUT2D eigenvalue weighted by atomic mass is 32.2. The van der Waals surface area contributed by atoms with Crippen LogP contribution in [-0.4, -0.2) is 47.8 Å². The maximum Gasteiger partial charge on any atom is 0.321 e. The molecule has 0 radical (unpaired) electrons. The Balaban J connectivity index is 1.84. The largest absolute Gasteiger partial charge is 0.452 e. The molecular formula is C19H25N3O5S. The number of amides is 4. The topological polar surface area (TPSA) is 105 Å². The van der Waals surface area contributed by atoms with Gasteiger partial charge in [-0.15, -0.1) is 11.8 Å². The predicted molar refractivity (Wildman–Crippen MR) is 106 cm³/mol. The summed E-state index contributed by atoms with van der Waals surface area (Å²) in [7, 11) is 0. The molecule has 1 aliphatic heterocycles. The number of carbonyl (C=O) groups is 4. The van der Waals surface area contributed by atoms with Gasteiger partial charge in [0.05, 0.1) is 17.9 Å². The van der Waals surface area contributed by atoms with E-state index in [2.05, 4.69) is 10.6 Å². The lowest BCUT2D eigenvalue weighted by atomic mass is 10.1. The first kappa shape index (κ1) is 21.7. The van der Waals surface area contributed by atoms with E-state index in [0.29, 0.717) is 5.75 Å². The molecule has 8 nitrogen and oxygen atoms in total. The molecule has 0 unspecified atom stereocenters. The fraction of sp³-hybridized carbons (Fsp3) is 0.474. The number of esters is 1. The number of ether oxygens (including phenoxy) is 1. The summed E-state index contributed by atoms with van der Waals surface area (Å²) in [6.45, 7) is 6.88. The molecule has 152 valence electrons. The van der Waals surface area contributed by atoms with Gasteiger partial charge in [0.2, 0.25) is 5.91 Å². The molecule has 0 saturated heterocycles. The monoisotopic (exact) mass is 407 g/mol. The normalized spacial score (nSPS) is 14.7. The van der Waals surface area contributed by atoms with Gasteiger partial charge in [-0.3, -0.25) is 19.7 Å². The number of urea groups is 1. The number of benzene rings is 1. The average Bonchev–Trinajstić information content (AvgIpc) is 2.59. The lowest BCUT2D eigenvalue weighted by molar-refractivity contribution is -0.154. The summed E-state index contributed by atoms with van der Waals surface area (Å²) in [5.41, 5.74) is 0.265. The molecule has 9 heteroatoms. The molecule has 1 aliphatic rings. The minimum atomic E-state index is -1.13. The number of nitrogens with one attached hydrogen (secondary N) is 2. The number of hydrogen-bond donors (Lipinski definition) is 2. The molecule has 2 rings (SSSR count). The summed E-state index contributed by atoms with van der Waals surface area (Å²) >= 11 is 1.46. The molecule has 0 saturated carbocycles. The van der Waals surface area contributed by atoms with Gasteiger partial charge in [-0.2, -0.15) is 0 Å². The van der Waals surface area contributed by atoms with E-state index in [-0.39, 0.29) is 18.9 Å². The van der Waals surface area contributed by atoms with Crippen molar-refractivity contribution in [2.24, 2.45) is 0 Å². The SMILES string of the molecule is C[C@@H](OC(=O)CCN1C(=O)CSc2ccccc21)C(=O)NC(=O)NC(C)(C)C. The minimum absolute atomic E-state index is 0.0590. The fourth-order valence-electron chi connectivity index (χ4n) is 2.50. The highest BCUT2D eigenvalue weighted by Crippen LogP contribution is 2.34. The van der Waals surface area contributed by atoms with E-state index < -0.39 is 29.6 Å². The zero-order chi connectivity index (χ0) is 20.9. The molecule has 0 bridgehead atoms. The molecule has 0 spiro atoms. The second kappa shape index (κ2) is 9.09. The van der Waals surface area contributed by atoms with Crippen molar-refractivity contribution in [3.8, 4) is 0 Å². The smallest absolute Gasteiger partial charge is 0.321 e. The van der Waals surface area contributed by atoms with Gasteiger partial charge in [0, 0.05) is 17.0 Å². The van der Waals surface area contributed by atoms with Crippen LogP contribution >= 0.6 is 11.8 Å². The number of para-hydroxylation sites is 1. The predicted octanol–water partition coefficient (Wildman–Crippen LogP) is 2.07. The number of nitrogens with zero attached hydrogens (tertiary/aromatic N) is 1. The quantitative estimate of drug-likeness (QED) is 0.724. The fourth-order valence-corrected chi connectivity index (χ4v) is 3.43. The van der Waals surface area contributed by atoms with Crippen LogP contribution in [0.3, 0.4) is 0 Å². The molecule has 28 heavy (non-hydrogen) atoms. The van der Waals surface area contributed by atoms with Gasteiger partial charge in [-0.05, 0) is 39.8 Å². The van der Waals surface area contributed by atoms with Crippen LogP contribution in [-0.2, 0) is 19.1 Å². The average molecular weight is 407 g/mol. The van der Waals surface area contributed by atoms with Crippen LogP contribution in [0.5, 0.6) is 0 Å². The third-order valence-electron chi connectivity index (χ3n) is 3.75. The Morgan fingerprint density at radius 3 is 2.61 bits per heavy atom. The molecule has 0 aliphatic carbocycles. The molecule has 1 aromatic carbocycles. The van der Waals surface area contributed by atoms with Gasteiger partial charge in [-0.25, -0.2) is 4.79 Å². The molecular weight excluding hydrogens is 382 g/mol. The highest BCUT2D eigenvalue weighted by molar-refractivity contribution is 8.00. The van der Waals surface area contributed by atoms with E-state index in [0.717, 1.165) is 10.6 Å². The first-order chi connectivity index (χ1) is 13.1. The number of hydrogen-bond acceptors (Lipinski definition) is 6. The maximum atomic E-state index is 12.2. The van der Waals surface area contributed by atoms with Crippen molar-refractivity contribution in [2.45, 2.75) is 50.7 Å². The Hall–Kier alpha value is -2.55. The van der Waals surface area contributed by atoms with Gasteiger partial charge in [0.15, 0.2) is 6.10 Å². The van der Waals surface area contributed by atoms with Gasteiger partial charge in [0.25, 0.3) is 5.91 Å². The van der Waals surface area contributed by atoms with Crippen molar-refractivity contribution < 1.29 is 23.9 Å². The minimum Gasteiger partial charge on any atom is -0.452 e. The Morgan fingerprint density at radius 2 is 1.93 bits per heavy atom. The van der Waals surface area contributed by atoms with E-state index >= 15 is 0 Å². The third kappa shape index (κ3) is 6.26. The summed E-state index contributed by atoms with van der Waals surface area (Å²) in [6, 6.07) is 6.82. The number of imide groups is 1. The Kier molecular flexibility index (Phi) is 7.06. The molecule has 4 amide bonds. The maximum absolute atomic E-state index is 12.2. The standard InChI is InChI=1S/C19H25N3O5S/c1-12(17(25)20-18(26)21-19(2,3)4)27-16(24)9-10-22-13-7-5-6-8-14(13)28-11-15(22)23/h5-8,12H,9-11H2,1-4H3,(H2,20,21,25,26)/t12-/m1/s1. The molecule has 1 atom stereocenters. The summed E-state index contributed by atoms with van der Waals surface area (Å²) in [5, 5.41) is 4.72. The zero-order valence-corrected chi connectivity index (χ0v) is 17.2. The van der Waals surface area contributed by atoms with E-state index in [1.54, 1.807) is 25.7 Å². The van der Waals surface area contributed by atoms with Crippen LogP contribution in [0.4, 0.5) is 10.5 Å². The summed E-state index contributed by atoms with van der Waals surface area (Å²) in [5.74, 6) is -1.11. The summed E-state index contributed by atoms with van der Waals surface area (Å²) < 4.78 is 5.08. The van der Waals surface area contributed by atoms with Gasteiger partial charge in [0.1, 0.15) is 0 Å². The lowest BCUT2D eigenvalue weighted by Gasteiger charge is -2.28. The van der Waals surface area contributed by atoms with Gasteiger partial charge >= 0.3 is 12.0 Å². The number of anilines is 1. The molecule has 1 heterocycles. The second-order valence-electron chi connectivity index (χ2n) is 7.38. The van der Waals surface area contributed by atoms with Crippen LogP contribution in [0.2, 0.25) is 0 Å². The van der Waals surface area contributed by atoms with Crippen molar-refractivity contribution in [3.05, 3.63) is 24.3 Å². The van der Waals surface area contributed by atoms with Crippen LogP contribution in [0.1, 0.15) is 34.1 Å². The Labute approximate surface area is 168 Å². The molecule has 0 fully saturated rings. The Bertz CT molecular complexity index is 775. The third-order valence-corrected chi connectivity index (χ3v) is 4.80. The van der Waals surface area contributed by atoms with Crippen LogP contribution in [0.15, 0.2) is 29.2 Å². The number of fused-ring (bicyclic) bond motifs is 1. The van der Waals surface area contributed by atoms with Crippen molar-refractivity contribution in [1.82, 2.24) is 10.6 Å². The zero-order valence-electron chi connectivity index (χ0n) is 16.4. The number of thioether (sulfide) groups is 1. The van der Waals surface area contributed by atoms with E-state index in [4.69, 9.17) is 4.74 Å². The lowest BCUT2D eigenvalue weighted by Crippen LogP contribution is -2.50. The first-order valence-electron chi connectivity index (χ1n) is 8.91. The van der Waals surface area contributed by atoms with E-state index in [1.807, 2.05) is 24.3 Å². The van der Waals surface area contributed by atoms with E-state index in [1.165, 1.54) is 18.7 Å². The molecule has 0 aromatic heterocycles. The van der Waals surface area contributed by atoms with Crippen LogP contribution in [0.25, 0.3) is 0 Å². The first-order valence-corrected chi connectivity index (χ1v) is 9.90. The van der Waals surface area contributed by atoms with Gasteiger partial charge < -0.3 is 15.0 Å². The summed E-state index contributed by atoms with van der Waals surface area (Å²) in [4.78, 5) is 50.5. The van der Waals surface area contributed by atoms with Crippen molar-refractivity contribution >= 4 is 41.3 Å². The summed E-state index contributed by atoms with van der Waals surface area (Å²) in [6.07, 6.45) is -1.19. The number of rotatable bonds is 5. The van der Waals surface area contributed by atoms with Crippen molar-refractivity contribution in [1.29, 1.82) is 0 Å².